The van der Waals surface area contributed by atoms with Crippen molar-refractivity contribution in [3.8, 4) is 5.75 Å². The van der Waals surface area contributed by atoms with Gasteiger partial charge in [-0.1, -0.05) is 23.7 Å². The van der Waals surface area contributed by atoms with Crippen molar-refractivity contribution in [1.29, 1.82) is 0 Å². The number of rotatable bonds is 5. The molecular formula is C22H24ClN3O3. The SMILES string of the molecule is COc1ccccc1N1CC(C(=O)Nc2ccc(N3CCCC3)c(Cl)c2)CC1=O. The number of methoxy groups -OCH3 is 1. The molecule has 2 aromatic rings. The van der Waals surface area contributed by atoms with E-state index in [2.05, 4.69) is 10.2 Å². The number of para-hydroxylation sites is 2. The first kappa shape index (κ1) is 19.6. The molecule has 29 heavy (non-hydrogen) atoms. The molecule has 2 aromatic carbocycles. The highest BCUT2D eigenvalue weighted by Gasteiger charge is 2.36. The van der Waals surface area contributed by atoms with Gasteiger partial charge in [-0.25, -0.2) is 0 Å². The van der Waals surface area contributed by atoms with Crippen molar-refractivity contribution in [3.63, 3.8) is 0 Å². The van der Waals surface area contributed by atoms with Crippen molar-refractivity contribution < 1.29 is 14.3 Å². The van der Waals surface area contributed by atoms with E-state index in [0.29, 0.717) is 28.7 Å². The van der Waals surface area contributed by atoms with Crippen molar-refractivity contribution in [3.05, 3.63) is 47.5 Å². The van der Waals surface area contributed by atoms with E-state index in [1.54, 1.807) is 24.1 Å². The zero-order chi connectivity index (χ0) is 20.4. The van der Waals surface area contributed by atoms with Crippen molar-refractivity contribution >= 4 is 40.5 Å². The number of amides is 2. The van der Waals surface area contributed by atoms with Crippen LogP contribution in [0.2, 0.25) is 5.02 Å². The molecule has 2 saturated heterocycles. The molecular weight excluding hydrogens is 390 g/mol. The standard InChI is InChI=1S/C22H24ClN3O3/c1-29-20-7-3-2-6-19(20)26-14-15(12-21(26)27)22(28)24-16-8-9-18(17(23)13-16)25-10-4-5-11-25/h2-3,6-9,13,15H,4-5,10-12,14H2,1H3,(H,24,28). The Bertz CT molecular complexity index is 927. The Morgan fingerprint density at radius 2 is 1.90 bits per heavy atom. The minimum atomic E-state index is -0.426. The maximum atomic E-state index is 12.8. The Morgan fingerprint density at radius 3 is 2.62 bits per heavy atom. The van der Waals surface area contributed by atoms with Gasteiger partial charge in [0.05, 0.1) is 29.4 Å². The molecule has 1 unspecified atom stereocenters. The molecule has 2 fully saturated rings. The van der Waals surface area contributed by atoms with Gasteiger partial charge >= 0.3 is 0 Å². The van der Waals surface area contributed by atoms with Crippen LogP contribution in [0.5, 0.6) is 5.75 Å². The third-order valence-corrected chi connectivity index (χ3v) is 5.84. The lowest BCUT2D eigenvalue weighted by Crippen LogP contribution is -2.28. The second-order valence-corrected chi connectivity index (χ2v) is 7.83. The Hall–Kier alpha value is -2.73. The molecule has 4 rings (SSSR count). The highest BCUT2D eigenvalue weighted by molar-refractivity contribution is 6.33. The van der Waals surface area contributed by atoms with Crippen LogP contribution in [-0.4, -0.2) is 38.6 Å². The number of carbonyl (C=O) groups is 2. The lowest BCUT2D eigenvalue weighted by Gasteiger charge is -2.20. The van der Waals surface area contributed by atoms with Gasteiger partial charge in [0.15, 0.2) is 0 Å². The summed E-state index contributed by atoms with van der Waals surface area (Å²) >= 11 is 6.44. The van der Waals surface area contributed by atoms with Crippen molar-refractivity contribution in [1.82, 2.24) is 0 Å². The lowest BCUT2D eigenvalue weighted by molar-refractivity contribution is -0.122. The normalized spacial score (nSPS) is 19.0. The summed E-state index contributed by atoms with van der Waals surface area (Å²) in [5, 5.41) is 3.54. The van der Waals surface area contributed by atoms with E-state index in [9.17, 15) is 9.59 Å². The van der Waals surface area contributed by atoms with Crippen molar-refractivity contribution in [2.24, 2.45) is 5.92 Å². The number of hydrogen-bond acceptors (Lipinski definition) is 4. The molecule has 2 heterocycles. The van der Waals surface area contributed by atoms with Gasteiger partial charge in [0.2, 0.25) is 11.8 Å². The average molecular weight is 414 g/mol. The van der Waals surface area contributed by atoms with E-state index < -0.39 is 5.92 Å². The van der Waals surface area contributed by atoms with Gasteiger partial charge in [0.25, 0.3) is 0 Å². The van der Waals surface area contributed by atoms with E-state index in [1.165, 1.54) is 12.8 Å². The first-order valence-corrected chi connectivity index (χ1v) is 10.2. The number of nitrogens with zero attached hydrogens (tertiary/aromatic N) is 2. The van der Waals surface area contributed by atoms with Crippen molar-refractivity contribution in [2.45, 2.75) is 19.3 Å². The minimum Gasteiger partial charge on any atom is -0.495 e. The minimum absolute atomic E-state index is 0.0861. The third kappa shape index (κ3) is 4.03. The lowest BCUT2D eigenvalue weighted by atomic mass is 10.1. The van der Waals surface area contributed by atoms with E-state index in [0.717, 1.165) is 18.8 Å². The molecule has 2 amide bonds. The molecule has 2 aliphatic heterocycles. The zero-order valence-electron chi connectivity index (χ0n) is 16.4. The van der Waals surface area contributed by atoms with Crippen LogP contribution in [0.25, 0.3) is 0 Å². The average Bonchev–Trinajstić information content (AvgIpc) is 3.38. The van der Waals surface area contributed by atoms with E-state index in [4.69, 9.17) is 16.3 Å². The number of anilines is 3. The predicted molar refractivity (Wildman–Crippen MR) is 115 cm³/mol. The summed E-state index contributed by atoms with van der Waals surface area (Å²) in [4.78, 5) is 29.2. The molecule has 1 N–H and O–H groups in total. The molecule has 0 radical (unpaired) electrons. The smallest absolute Gasteiger partial charge is 0.229 e. The highest BCUT2D eigenvalue weighted by Crippen LogP contribution is 2.34. The fraction of sp³-hybridized carbons (Fsp3) is 0.364. The Morgan fingerprint density at radius 1 is 1.14 bits per heavy atom. The van der Waals surface area contributed by atoms with Crippen LogP contribution in [0.3, 0.4) is 0 Å². The molecule has 7 heteroatoms. The number of benzene rings is 2. The molecule has 152 valence electrons. The molecule has 0 saturated carbocycles. The molecule has 0 bridgehead atoms. The molecule has 0 spiro atoms. The Kier molecular flexibility index (Phi) is 5.62. The summed E-state index contributed by atoms with van der Waals surface area (Å²) in [5.74, 6) is -0.0755. The Balaban J connectivity index is 1.44. The van der Waals surface area contributed by atoms with Gasteiger partial charge in [-0.15, -0.1) is 0 Å². The quantitative estimate of drug-likeness (QED) is 0.806. The van der Waals surface area contributed by atoms with Crippen LogP contribution in [-0.2, 0) is 9.59 Å². The van der Waals surface area contributed by atoms with Gasteiger partial charge in [0.1, 0.15) is 5.75 Å². The van der Waals surface area contributed by atoms with Crippen LogP contribution in [0.1, 0.15) is 19.3 Å². The zero-order valence-corrected chi connectivity index (χ0v) is 17.1. The first-order valence-electron chi connectivity index (χ1n) is 9.85. The van der Waals surface area contributed by atoms with Crippen LogP contribution in [0, 0.1) is 5.92 Å². The van der Waals surface area contributed by atoms with Crippen molar-refractivity contribution in [2.75, 3.05) is 41.9 Å². The maximum absolute atomic E-state index is 12.8. The predicted octanol–water partition coefficient (Wildman–Crippen LogP) is 3.94. The fourth-order valence-electron chi connectivity index (χ4n) is 4.01. The van der Waals surface area contributed by atoms with Crippen LogP contribution < -0.4 is 19.9 Å². The van der Waals surface area contributed by atoms with Crippen LogP contribution in [0.15, 0.2) is 42.5 Å². The number of hydrogen-bond donors (Lipinski definition) is 1. The summed E-state index contributed by atoms with van der Waals surface area (Å²) in [6, 6.07) is 12.9. The summed E-state index contributed by atoms with van der Waals surface area (Å²) in [6.45, 7) is 2.34. The van der Waals surface area contributed by atoms with Gasteiger partial charge in [-0.3, -0.25) is 9.59 Å². The van der Waals surface area contributed by atoms with Gasteiger partial charge < -0.3 is 19.9 Å². The van der Waals surface area contributed by atoms with E-state index >= 15 is 0 Å². The van der Waals surface area contributed by atoms with Gasteiger partial charge in [0, 0.05) is 31.7 Å². The molecule has 1 atom stereocenters. The number of halogens is 1. The van der Waals surface area contributed by atoms with E-state index in [-0.39, 0.29) is 18.2 Å². The highest BCUT2D eigenvalue weighted by atomic mass is 35.5. The summed E-state index contributed by atoms with van der Waals surface area (Å²) in [7, 11) is 1.57. The molecule has 6 nitrogen and oxygen atoms in total. The Labute approximate surface area is 175 Å². The molecule has 2 aliphatic rings. The summed E-state index contributed by atoms with van der Waals surface area (Å²) in [6.07, 6.45) is 2.52. The fourth-order valence-corrected chi connectivity index (χ4v) is 4.31. The maximum Gasteiger partial charge on any atom is 0.229 e. The van der Waals surface area contributed by atoms with Gasteiger partial charge in [-0.05, 0) is 43.2 Å². The second kappa shape index (κ2) is 8.33. The van der Waals surface area contributed by atoms with Crippen LogP contribution in [0.4, 0.5) is 17.1 Å². The van der Waals surface area contributed by atoms with Crippen LogP contribution >= 0.6 is 11.6 Å². The first-order chi connectivity index (χ1) is 14.1. The number of ether oxygens (including phenoxy) is 1. The molecule has 0 aromatic heterocycles. The summed E-state index contributed by atoms with van der Waals surface area (Å²) < 4.78 is 5.35. The largest absolute Gasteiger partial charge is 0.495 e. The topological polar surface area (TPSA) is 61.9 Å². The number of nitrogens with one attached hydrogen (secondary N) is 1. The van der Waals surface area contributed by atoms with Gasteiger partial charge in [-0.2, -0.15) is 0 Å². The summed E-state index contributed by atoms with van der Waals surface area (Å²) in [5.41, 5.74) is 2.33. The number of carbonyl (C=O) groups excluding carboxylic acids is 2. The monoisotopic (exact) mass is 413 g/mol. The molecule has 0 aliphatic carbocycles. The second-order valence-electron chi connectivity index (χ2n) is 7.43. The third-order valence-electron chi connectivity index (χ3n) is 5.53. The van der Waals surface area contributed by atoms with E-state index in [1.807, 2.05) is 30.3 Å².